The maximum Gasteiger partial charge on any atom is 0.132 e. The van der Waals surface area contributed by atoms with Gasteiger partial charge in [-0.2, -0.15) is 5.10 Å². The molecule has 0 saturated heterocycles. The molecule has 0 fully saturated rings. The number of aromatic amines is 1. The highest BCUT2D eigenvalue weighted by Crippen LogP contribution is 2.24. The summed E-state index contributed by atoms with van der Waals surface area (Å²) in [5.41, 5.74) is 2.18. The molecule has 0 saturated carbocycles. The van der Waals surface area contributed by atoms with Crippen LogP contribution < -0.4 is 0 Å². The average Bonchev–Trinajstić information content (AvgIpc) is 2.88. The van der Waals surface area contributed by atoms with Crippen molar-refractivity contribution < 1.29 is 9.50 Å². The highest BCUT2D eigenvalue weighted by atomic mass is 19.1. The Balaban J connectivity index is 2.22. The van der Waals surface area contributed by atoms with Crippen LogP contribution in [-0.2, 0) is 6.54 Å². The van der Waals surface area contributed by atoms with E-state index in [1.165, 1.54) is 6.07 Å². The smallest absolute Gasteiger partial charge is 0.132 e. The highest BCUT2D eigenvalue weighted by molar-refractivity contribution is 5.63. The molecule has 0 radical (unpaired) electrons. The Labute approximate surface area is 118 Å². The summed E-state index contributed by atoms with van der Waals surface area (Å²) in [6.07, 6.45) is 2.73. The fraction of sp³-hybridized carbons (Fsp3) is 0.400. The molecule has 4 nitrogen and oxygen atoms in total. The van der Waals surface area contributed by atoms with Crippen molar-refractivity contribution in [2.45, 2.75) is 19.9 Å². The minimum absolute atomic E-state index is 0.118. The standard InChI is InChI=1S/C15H20FN3O/c1-2-7-19(8-9-20)11-12-10-17-18-15(12)13-5-3-4-6-14(13)16/h3-6,10,20H,2,7-9,11H2,1H3,(H,17,18). The molecule has 0 aliphatic heterocycles. The predicted molar refractivity (Wildman–Crippen MR) is 76.6 cm³/mol. The zero-order valence-corrected chi connectivity index (χ0v) is 11.6. The van der Waals surface area contributed by atoms with Crippen LogP contribution in [0, 0.1) is 5.82 Å². The van der Waals surface area contributed by atoms with E-state index >= 15 is 0 Å². The number of aromatic nitrogens is 2. The van der Waals surface area contributed by atoms with Crippen LogP contribution in [0.2, 0.25) is 0 Å². The summed E-state index contributed by atoms with van der Waals surface area (Å²) >= 11 is 0. The third-order valence-electron chi connectivity index (χ3n) is 3.21. The molecule has 2 N–H and O–H groups in total. The minimum Gasteiger partial charge on any atom is -0.395 e. The molecule has 0 amide bonds. The summed E-state index contributed by atoms with van der Waals surface area (Å²) in [6.45, 7) is 4.36. The van der Waals surface area contributed by atoms with Crippen LogP contribution in [0.15, 0.2) is 30.5 Å². The van der Waals surface area contributed by atoms with Crippen molar-refractivity contribution in [1.82, 2.24) is 15.1 Å². The minimum atomic E-state index is -0.262. The fourth-order valence-electron chi connectivity index (χ4n) is 2.30. The normalized spacial score (nSPS) is 11.2. The second-order valence-electron chi connectivity index (χ2n) is 4.75. The summed E-state index contributed by atoms with van der Waals surface area (Å²) in [5.74, 6) is -0.262. The molecule has 0 bridgehead atoms. The largest absolute Gasteiger partial charge is 0.395 e. The van der Waals surface area contributed by atoms with Gasteiger partial charge in [-0.3, -0.25) is 10.00 Å². The van der Waals surface area contributed by atoms with E-state index < -0.39 is 0 Å². The number of rotatable bonds is 7. The number of benzene rings is 1. The topological polar surface area (TPSA) is 52.1 Å². The molecule has 2 aromatic rings. The Morgan fingerprint density at radius 3 is 2.80 bits per heavy atom. The first-order chi connectivity index (χ1) is 9.76. The van der Waals surface area contributed by atoms with Crippen molar-refractivity contribution in [3.8, 4) is 11.3 Å². The van der Waals surface area contributed by atoms with Gasteiger partial charge in [-0.25, -0.2) is 4.39 Å². The molecule has 2 rings (SSSR count). The van der Waals surface area contributed by atoms with Crippen LogP contribution in [0.25, 0.3) is 11.3 Å². The summed E-state index contributed by atoms with van der Waals surface area (Å²) in [5, 5.41) is 16.0. The maximum absolute atomic E-state index is 13.9. The number of hydrogen-bond donors (Lipinski definition) is 2. The van der Waals surface area contributed by atoms with Gasteiger partial charge in [-0.15, -0.1) is 0 Å². The van der Waals surface area contributed by atoms with Gasteiger partial charge in [-0.05, 0) is 25.1 Å². The van der Waals surface area contributed by atoms with Crippen molar-refractivity contribution in [1.29, 1.82) is 0 Å². The van der Waals surface area contributed by atoms with E-state index in [4.69, 9.17) is 5.11 Å². The van der Waals surface area contributed by atoms with Crippen LogP contribution in [-0.4, -0.2) is 39.9 Å². The Bertz CT molecular complexity index is 535. The number of hydrogen-bond acceptors (Lipinski definition) is 3. The van der Waals surface area contributed by atoms with Crippen molar-refractivity contribution >= 4 is 0 Å². The van der Waals surface area contributed by atoms with Crippen LogP contribution in [0.3, 0.4) is 0 Å². The molecule has 20 heavy (non-hydrogen) atoms. The number of nitrogens with zero attached hydrogens (tertiary/aromatic N) is 2. The molecule has 0 spiro atoms. The summed E-state index contributed by atoms with van der Waals surface area (Å²) < 4.78 is 13.9. The second-order valence-corrected chi connectivity index (χ2v) is 4.75. The average molecular weight is 277 g/mol. The van der Waals surface area contributed by atoms with Gasteiger partial charge >= 0.3 is 0 Å². The Morgan fingerprint density at radius 1 is 1.30 bits per heavy atom. The second kappa shape index (κ2) is 7.17. The van der Waals surface area contributed by atoms with Crippen molar-refractivity contribution in [3.05, 3.63) is 41.8 Å². The molecular weight excluding hydrogens is 257 g/mol. The van der Waals surface area contributed by atoms with Crippen LogP contribution in [0.1, 0.15) is 18.9 Å². The van der Waals surface area contributed by atoms with Gasteiger partial charge in [0.25, 0.3) is 0 Å². The van der Waals surface area contributed by atoms with E-state index in [1.807, 2.05) is 0 Å². The summed E-state index contributed by atoms with van der Waals surface area (Å²) in [6, 6.07) is 6.66. The van der Waals surface area contributed by atoms with Crippen LogP contribution >= 0.6 is 0 Å². The number of nitrogens with one attached hydrogen (secondary N) is 1. The predicted octanol–water partition coefficient (Wildman–Crippen LogP) is 2.42. The third kappa shape index (κ3) is 3.43. The first-order valence-corrected chi connectivity index (χ1v) is 6.86. The van der Waals surface area contributed by atoms with Crippen LogP contribution in [0.5, 0.6) is 0 Å². The van der Waals surface area contributed by atoms with Gasteiger partial charge < -0.3 is 5.11 Å². The van der Waals surface area contributed by atoms with E-state index in [-0.39, 0.29) is 12.4 Å². The zero-order valence-electron chi connectivity index (χ0n) is 11.6. The highest BCUT2D eigenvalue weighted by Gasteiger charge is 2.14. The van der Waals surface area contributed by atoms with Crippen molar-refractivity contribution in [3.63, 3.8) is 0 Å². The monoisotopic (exact) mass is 277 g/mol. The molecule has 5 heteroatoms. The van der Waals surface area contributed by atoms with Crippen molar-refractivity contribution in [2.75, 3.05) is 19.7 Å². The lowest BCUT2D eigenvalue weighted by molar-refractivity contribution is 0.190. The lowest BCUT2D eigenvalue weighted by Crippen LogP contribution is -2.27. The van der Waals surface area contributed by atoms with E-state index in [0.29, 0.717) is 24.3 Å². The molecule has 0 aliphatic rings. The quantitative estimate of drug-likeness (QED) is 0.817. The molecule has 0 aliphatic carbocycles. The van der Waals surface area contributed by atoms with Gasteiger partial charge in [0.1, 0.15) is 5.82 Å². The lowest BCUT2D eigenvalue weighted by atomic mass is 10.1. The molecule has 1 heterocycles. The Kier molecular flexibility index (Phi) is 5.26. The zero-order chi connectivity index (χ0) is 14.4. The Morgan fingerprint density at radius 2 is 2.10 bits per heavy atom. The summed E-state index contributed by atoms with van der Waals surface area (Å²) in [4.78, 5) is 2.13. The lowest BCUT2D eigenvalue weighted by Gasteiger charge is -2.20. The number of H-pyrrole nitrogens is 1. The molecule has 0 atom stereocenters. The van der Waals surface area contributed by atoms with Gasteiger partial charge in [0.2, 0.25) is 0 Å². The fourth-order valence-corrected chi connectivity index (χ4v) is 2.30. The van der Waals surface area contributed by atoms with Gasteiger partial charge in [-0.1, -0.05) is 19.1 Å². The summed E-state index contributed by atoms with van der Waals surface area (Å²) in [7, 11) is 0. The number of aliphatic hydroxyl groups is 1. The van der Waals surface area contributed by atoms with E-state index in [9.17, 15) is 4.39 Å². The first-order valence-electron chi connectivity index (χ1n) is 6.86. The first kappa shape index (κ1) is 14.7. The van der Waals surface area contributed by atoms with E-state index in [0.717, 1.165) is 18.5 Å². The molecule has 1 aromatic carbocycles. The third-order valence-corrected chi connectivity index (χ3v) is 3.21. The van der Waals surface area contributed by atoms with Crippen molar-refractivity contribution in [2.24, 2.45) is 0 Å². The SMILES string of the molecule is CCCN(CCO)Cc1cn[nH]c1-c1ccccc1F. The molecular formula is C15H20FN3O. The number of aliphatic hydroxyl groups excluding tert-OH is 1. The molecule has 1 aromatic heterocycles. The van der Waals surface area contributed by atoms with Gasteiger partial charge in [0.15, 0.2) is 0 Å². The van der Waals surface area contributed by atoms with E-state index in [1.54, 1.807) is 24.4 Å². The molecule has 0 unspecified atom stereocenters. The Hall–Kier alpha value is -1.72. The van der Waals surface area contributed by atoms with E-state index in [2.05, 4.69) is 22.0 Å². The maximum atomic E-state index is 13.9. The number of halogens is 1. The van der Waals surface area contributed by atoms with Gasteiger partial charge in [0.05, 0.1) is 18.5 Å². The van der Waals surface area contributed by atoms with Gasteiger partial charge in [0, 0.05) is 24.2 Å². The van der Waals surface area contributed by atoms with Crippen LogP contribution in [0.4, 0.5) is 4.39 Å². The molecule has 108 valence electrons.